The molecule has 2 heterocycles. The Morgan fingerprint density at radius 2 is 2.07 bits per heavy atom. The van der Waals surface area contributed by atoms with Crippen LogP contribution in [0.2, 0.25) is 0 Å². The highest BCUT2D eigenvalue weighted by Gasteiger charge is 2.45. The summed E-state index contributed by atoms with van der Waals surface area (Å²) in [5.41, 5.74) is 3.10. The van der Waals surface area contributed by atoms with E-state index in [0.717, 1.165) is 44.9 Å². The number of fused-ring (bicyclic) bond motifs is 1. The molecule has 4 fully saturated rings. The molecule has 0 aromatic rings. The normalized spacial score (nSPS) is 46.0. The third-order valence-electron chi connectivity index (χ3n) is 7.24. The van der Waals surface area contributed by atoms with Crippen LogP contribution >= 0.6 is 0 Å². The van der Waals surface area contributed by atoms with Crippen LogP contribution in [0.3, 0.4) is 0 Å². The van der Waals surface area contributed by atoms with E-state index in [0.29, 0.717) is 18.4 Å². The lowest BCUT2D eigenvalue weighted by molar-refractivity contribution is -0.128. The minimum atomic E-state index is -0.320. The van der Waals surface area contributed by atoms with E-state index in [9.17, 15) is 9.90 Å². The lowest BCUT2D eigenvalue weighted by Crippen LogP contribution is -2.48. The van der Waals surface area contributed by atoms with Gasteiger partial charge in [-0.25, -0.2) is 0 Å². The predicted octanol–water partition coefficient (Wildman–Crippen LogP) is 1.27. The van der Waals surface area contributed by atoms with E-state index in [1.807, 2.05) is 13.8 Å². The molecule has 2 aliphatic carbocycles. The van der Waals surface area contributed by atoms with Crippen LogP contribution in [0.25, 0.3) is 0 Å². The fourth-order valence-electron chi connectivity index (χ4n) is 5.57. The lowest BCUT2D eigenvalue weighted by Gasteiger charge is -2.36. The third-order valence-corrected chi connectivity index (χ3v) is 7.24. The van der Waals surface area contributed by atoms with Crippen LogP contribution in [0.5, 0.6) is 0 Å². The molecule has 1 amide bonds. The highest BCUT2D eigenvalue weighted by atomic mass is 16.7. The standard InChI is InChI=1S/C20H35N3O4/c1-11(24)13-4-3-5-15(8-13)20(25)22-17-10-26-18-9-14(6-7-16(17)18)19-21-12(2)27-23-19/h11-19,21,23-24H,3-10H2,1-2H3,(H,22,25)/t11-,12?,13?,14?,15?,16?,17-,18?,19?/m1/s1. The van der Waals surface area contributed by atoms with E-state index in [-0.39, 0.29) is 48.4 Å². The SMILES string of the molecule is CC1NC(C2CCC3C(C2)OC[C@H]3NC(=O)C2CCCC([C@@H](C)O)C2)NO1. The van der Waals surface area contributed by atoms with Crippen LogP contribution < -0.4 is 16.1 Å². The predicted molar refractivity (Wildman–Crippen MR) is 100 cm³/mol. The number of amides is 1. The first-order valence-corrected chi connectivity index (χ1v) is 10.8. The van der Waals surface area contributed by atoms with Gasteiger partial charge in [-0.05, 0) is 64.2 Å². The minimum absolute atomic E-state index is 0.0410. The van der Waals surface area contributed by atoms with Gasteiger partial charge in [0.05, 0.1) is 31.0 Å². The van der Waals surface area contributed by atoms with Crippen molar-refractivity contribution in [3.63, 3.8) is 0 Å². The quantitative estimate of drug-likeness (QED) is 0.586. The first kappa shape index (κ1) is 19.6. The van der Waals surface area contributed by atoms with Crippen molar-refractivity contribution in [3.8, 4) is 0 Å². The van der Waals surface area contributed by atoms with Gasteiger partial charge in [0, 0.05) is 11.8 Å². The molecule has 2 saturated heterocycles. The molecule has 7 unspecified atom stereocenters. The monoisotopic (exact) mass is 381 g/mol. The molecule has 27 heavy (non-hydrogen) atoms. The molecule has 7 heteroatoms. The van der Waals surface area contributed by atoms with Crippen LogP contribution in [0.4, 0.5) is 0 Å². The van der Waals surface area contributed by atoms with Gasteiger partial charge in [-0.2, -0.15) is 5.48 Å². The van der Waals surface area contributed by atoms with Crippen molar-refractivity contribution in [1.29, 1.82) is 0 Å². The van der Waals surface area contributed by atoms with Gasteiger partial charge in [0.1, 0.15) is 6.23 Å². The van der Waals surface area contributed by atoms with Crippen molar-refractivity contribution in [2.75, 3.05) is 6.61 Å². The maximum absolute atomic E-state index is 12.8. The zero-order chi connectivity index (χ0) is 19.0. The van der Waals surface area contributed by atoms with Crippen molar-refractivity contribution in [3.05, 3.63) is 0 Å². The van der Waals surface area contributed by atoms with Gasteiger partial charge < -0.3 is 15.2 Å². The summed E-state index contributed by atoms with van der Waals surface area (Å²) in [6.07, 6.45) is 7.16. The maximum Gasteiger partial charge on any atom is 0.223 e. The third kappa shape index (κ3) is 4.32. The van der Waals surface area contributed by atoms with Crippen molar-refractivity contribution in [2.24, 2.45) is 23.7 Å². The number of carbonyl (C=O) groups is 1. The molecule has 154 valence electrons. The van der Waals surface area contributed by atoms with E-state index in [1.165, 1.54) is 0 Å². The fraction of sp³-hybridized carbons (Fsp3) is 0.950. The van der Waals surface area contributed by atoms with Crippen LogP contribution in [-0.4, -0.2) is 48.3 Å². The number of ether oxygens (including phenoxy) is 1. The molecule has 4 aliphatic rings. The van der Waals surface area contributed by atoms with Gasteiger partial charge in [0.2, 0.25) is 5.91 Å². The second kappa shape index (κ2) is 8.33. The summed E-state index contributed by atoms with van der Waals surface area (Å²) in [5, 5.41) is 16.6. The lowest BCUT2D eigenvalue weighted by atomic mass is 9.76. The zero-order valence-corrected chi connectivity index (χ0v) is 16.5. The number of hydrogen-bond donors (Lipinski definition) is 4. The molecule has 0 radical (unpaired) electrons. The Kier molecular flexibility index (Phi) is 6.04. The van der Waals surface area contributed by atoms with Crippen molar-refractivity contribution in [1.82, 2.24) is 16.1 Å². The highest BCUT2D eigenvalue weighted by molar-refractivity contribution is 5.79. The highest BCUT2D eigenvalue weighted by Crippen LogP contribution is 2.39. The molecule has 0 bridgehead atoms. The van der Waals surface area contributed by atoms with E-state index in [4.69, 9.17) is 9.57 Å². The molecular weight excluding hydrogens is 346 g/mol. The first-order valence-electron chi connectivity index (χ1n) is 10.8. The number of aliphatic hydroxyl groups is 1. The van der Waals surface area contributed by atoms with Gasteiger partial charge in [-0.1, -0.05) is 6.42 Å². The van der Waals surface area contributed by atoms with E-state index in [2.05, 4.69) is 16.1 Å². The molecule has 7 nitrogen and oxygen atoms in total. The molecule has 9 atom stereocenters. The molecule has 4 rings (SSSR count). The summed E-state index contributed by atoms with van der Waals surface area (Å²) in [6.45, 7) is 4.47. The average molecular weight is 382 g/mol. The molecule has 0 aromatic carbocycles. The smallest absolute Gasteiger partial charge is 0.223 e. The molecule has 0 aromatic heterocycles. The Hall–Kier alpha value is -0.730. The van der Waals surface area contributed by atoms with Crippen LogP contribution in [0.1, 0.15) is 58.8 Å². The van der Waals surface area contributed by atoms with Crippen molar-refractivity contribution >= 4 is 5.91 Å². The molecule has 2 saturated carbocycles. The van der Waals surface area contributed by atoms with Crippen LogP contribution in [-0.2, 0) is 14.4 Å². The van der Waals surface area contributed by atoms with E-state index < -0.39 is 0 Å². The Morgan fingerprint density at radius 3 is 2.81 bits per heavy atom. The van der Waals surface area contributed by atoms with Crippen LogP contribution in [0, 0.1) is 23.7 Å². The van der Waals surface area contributed by atoms with E-state index >= 15 is 0 Å². The molecular formula is C20H35N3O4. The topological polar surface area (TPSA) is 91.9 Å². The zero-order valence-electron chi connectivity index (χ0n) is 16.5. The largest absolute Gasteiger partial charge is 0.393 e. The Bertz CT molecular complexity index is 531. The second-order valence-electron chi connectivity index (χ2n) is 9.11. The molecule has 0 spiro atoms. The van der Waals surface area contributed by atoms with Crippen molar-refractivity contribution < 1.29 is 19.5 Å². The number of rotatable bonds is 4. The second-order valence-corrected chi connectivity index (χ2v) is 9.11. The number of hydroxylamine groups is 1. The van der Waals surface area contributed by atoms with Gasteiger partial charge in [0.25, 0.3) is 0 Å². The Labute approximate surface area is 161 Å². The number of carbonyl (C=O) groups excluding carboxylic acids is 1. The number of aliphatic hydroxyl groups excluding tert-OH is 1. The Balaban J connectivity index is 1.28. The van der Waals surface area contributed by atoms with Gasteiger partial charge in [-0.15, -0.1) is 0 Å². The van der Waals surface area contributed by atoms with Gasteiger partial charge >= 0.3 is 0 Å². The maximum atomic E-state index is 12.8. The summed E-state index contributed by atoms with van der Waals surface area (Å²) in [7, 11) is 0. The number of hydrogen-bond acceptors (Lipinski definition) is 6. The first-order chi connectivity index (χ1) is 13.0. The van der Waals surface area contributed by atoms with Gasteiger partial charge in [0.15, 0.2) is 0 Å². The molecule has 2 aliphatic heterocycles. The summed E-state index contributed by atoms with van der Waals surface area (Å²) in [6, 6.07) is 0.134. The summed E-state index contributed by atoms with van der Waals surface area (Å²) < 4.78 is 6.08. The minimum Gasteiger partial charge on any atom is -0.393 e. The fourth-order valence-corrected chi connectivity index (χ4v) is 5.57. The summed E-state index contributed by atoms with van der Waals surface area (Å²) in [5.74, 6) is 1.38. The van der Waals surface area contributed by atoms with Crippen LogP contribution in [0.15, 0.2) is 0 Å². The van der Waals surface area contributed by atoms with E-state index in [1.54, 1.807) is 0 Å². The number of nitrogens with one attached hydrogen (secondary N) is 3. The Morgan fingerprint density at radius 1 is 1.22 bits per heavy atom. The molecule has 4 N–H and O–H groups in total. The summed E-state index contributed by atoms with van der Waals surface area (Å²) in [4.78, 5) is 18.2. The summed E-state index contributed by atoms with van der Waals surface area (Å²) >= 11 is 0. The average Bonchev–Trinajstić information content (AvgIpc) is 3.28. The van der Waals surface area contributed by atoms with Crippen molar-refractivity contribution in [2.45, 2.75) is 89.4 Å². The van der Waals surface area contributed by atoms with Gasteiger partial charge in [-0.3, -0.25) is 14.9 Å².